The van der Waals surface area contributed by atoms with Gasteiger partial charge >= 0.3 is 0 Å². The van der Waals surface area contributed by atoms with E-state index in [4.69, 9.17) is 0 Å². The minimum absolute atomic E-state index is 0.576. The van der Waals surface area contributed by atoms with E-state index in [0.717, 1.165) is 24.4 Å². The summed E-state index contributed by atoms with van der Waals surface area (Å²) in [6.45, 7) is 10.4. The van der Waals surface area contributed by atoms with Crippen molar-refractivity contribution in [3.8, 4) is 0 Å². The Balaban J connectivity index is 0.000000574. The number of hydrogen-bond donors (Lipinski definition) is 1. The van der Waals surface area contributed by atoms with Crippen LogP contribution in [0.15, 0.2) is 18.2 Å². The lowest BCUT2D eigenvalue weighted by Crippen LogP contribution is -2.14. The van der Waals surface area contributed by atoms with Crippen LogP contribution in [0.25, 0.3) is 11.0 Å². The fourth-order valence-corrected chi connectivity index (χ4v) is 2.64. The van der Waals surface area contributed by atoms with E-state index in [0.29, 0.717) is 6.04 Å². The van der Waals surface area contributed by atoms with E-state index in [1.807, 2.05) is 13.8 Å². The van der Waals surface area contributed by atoms with Gasteiger partial charge in [0, 0.05) is 12.6 Å². The molecule has 2 aromatic rings. The summed E-state index contributed by atoms with van der Waals surface area (Å²) in [4.78, 5) is 4.63. The average Bonchev–Trinajstić information content (AvgIpc) is 2.98. The van der Waals surface area contributed by atoms with Crippen LogP contribution in [-0.4, -0.2) is 22.6 Å². The van der Waals surface area contributed by atoms with Crippen LogP contribution in [0.5, 0.6) is 0 Å². The monoisotopic (exact) mass is 245 g/mol. The molecule has 3 rings (SSSR count). The van der Waals surface area contributed by atoms with Gasteiger partial charge in [-0.05, 0) is 44.5 Å². The Labute approximate surface area is 109 Å². The molecule has 1 aromatic carbocycles. The van der Waals surface area contributed by atoms with Crippen molar-refractivity contribution in [1.82, 2.24) is 14.9 Å². The summed E-state index contributed by atoms with van der Waals surface area (Å²) in [5.41, 5.74) is 3.71. The van der Waals surface area contributed by atoms with Gasteiger partial charge in [-0.15, -0.1) is 0 Å². The standard InChI is InChI=1S/C13H17N3.C2H6/c1-9-3-4-12-13(7-9)16(10(2)15-12)11-5-6-14-8-11;1-2/h3-4,7,11,14H,5-6,8H2,1-2H3;1-2H3. The summed E-state index contributed by atoms with van der Waals surface area (Å²) in [6, 6.07) is 7.07. The predicted octanol–water partition coefficient (Wildman–Crippen LogP) is 3.21. The van der Waals surface area contributed by atoms with Crippen LogP contribution < -0.4 is 5.32 Å². The van der Waals surface area contributed by atoms with Crippen molar-refractivity contribution in [2.45, 2.75) is 40.2 Å². The third-order valence-corrected chi connectivity index (χ3v) is 3.42. The molecular formula is C15H23N3. The summed E-state index contributed by atoms with van der Waals surface area (Å²) in [6.07, 6.45) is 1.21. The van der Waals surface area contributed by atoms with Gasteiger partial charge in [0.15, 0.2) is 0 Å². The minimum atomic E-state index is 0.576. The highest BCUT2D eigenvalue weighted by molar-refractivity contribution is 5.77. The first-order valence-corrected chi connectivity index (χ1v) is 6.91. The number of fused-ring (bicyclic) bond motifs is 1. The smallest absolute Gasteiger partial charge is 0.107 e. The molecule has 3 nitrogen and oxygen atoms in total. The van der Waals surface area contributed by atoms with E-state index < -0.39 is 0 Å². The van der Waals surface area contributed by atoms with Crippen LogP contribution in [0, 0.1) is 13.8 Å². The van der Waals surface area contributed by atoms with E-state index in [9.17, 15) is 0 Å². The number of benzene rings is 1. The summed E-state index contributed by atoms with van der Waals surface area (Å²) >= 11 is 0. The zero-order valence-electron chi connectivity index (χ0n) is 11.8. The maximum Gasteiger partial charge on any atom is 0.107 e. The predicted molar refractivity (Wildman–Crippen MR) is 77.1 cm³/mol. The van der Waals surface area contributed by atoms with Crippen LogP contribution in [0.4, 0.5) is 0 Å². The zero-order chi connectivity index (χ0) is 13.1. The molecule has 1 saturated heterocycles. The van der Waals surface area contributed by atoms with Crippen molar-refractivity contribution >= 4 is 11.0 Å². The second kappa shape index (κ2) is 5.53. The lowest BCUT2D eigenvalue weighted by Gasteiger charge is -2.14. The maximum atomic E-state index is 4.63. The second-order valence-electron chi connectivity index (χ2n) is 4.67. The Hall–Kier alpha value is -1.35. The molecule has 1 fully saturated rings. The molecule has 1 atom stereocenters. The Morgan fingerprint density at radius 3 is 2.72 bits per heavy atom. The molecule has 0 saturated carbocycles. The van der Waals surface area contributed by atoms with Gasteiger partial charge in [-0.1, -0.05) is 19.9 Å². The molecule has 1 aromatic heterocycles. The van der Waals surface area contributed by atoms with E-state index >= 15 is 0 Å². The van der Waals surface area contributed by atoms with Crippen LogP contribution in [0.1, 0.15) is 37.7 Å². The van der Waals surface area contributed by atoms with E-state index in [1.165, 1.54) is 17.5 Å². The Bertz CT molecular complexity index is 522. The Morgan fingerprint density at radius 2 is 2.06 bits per heavy atom. The van der Waals surface area contributed by atoms with Crippen molar-refractivity contribution in [2.24, 2.45) is 0 Å². The lowest BCUT2D eigenvalue weighted by atomic mass is 10.2. The number of aromatic nitrogens is 2. The van der Waals surface area contributed by atoms with Crippen molar-refractivity contribution in [1.29, 1.82) is 0 Å². The second-order valence-corrected chi connectivity index (χ2v) is 4.67. The highest BCUT2D eigenvalue weighted by Crippen LogP contribution is 2.25. The van der Waals surface area contributed by atoms with Crippen LogP contribution in [-0.2, 0) is 0 Å². The Morgan fingerprint density at radius 1 is 1.28 bits per heavy atom. The molecular weight excluding hydrogens is 222 g/mol. The first kappa shape index (κ1) is 13.1. The van der Waals surface area contributed by atoms with Gasteiger partial charge in [0.05, 0.1) is 11.0 Å². The first-order valence-electron chi connectivity index (χ1n) is 6.91. The third-order valence-electron chi connectivity index (χ3n) is 3.42. The van der Waals surface area contributed by atoms with Crippen LogP contribution in [0.3, 0.4) is 0 Å². The van der Waals surface area contributed by atoms with Gasteiger partial charge in [-0.2, -0.15) is 0 Å². The molecule has 18 heavy (non-hydrogen) atoms. The van der Waals surface area contributed by atoms with Gasteiger partial charge in [0.2, 0.25) is 0 Å². The van der Waals surface area contributed by atoms with Gasteiger partial charge in [0.25, 0.3) is 0 Å². The Kier molecular flexibility index (Phi) is 4.02. The van der Waals surface area contributed by atoms with Gasteiger partial charge in [-0.25, -0.2) is 4.98 Å². The molecule has 1 N–H and O–H groups in total. The minimum Gasteiger partial charge on any atom is -0.324 e. The number of rotatable bonds is 1. The molecule has 0 amide bonds. The van der Waals surface area contributed by atoms with Gasteiger partial charge < -0.3 is 9.88 Å². The normalized spacial score (nSPS) is 18.8. The number of nitrogens with zero attached hydrogens (tertiary/aromatic N) is 2. The maximum absolute atomic E-state index is 4.63. The topological polar surface area (TPSA) is 29.9 Å². The van der Waals surface area contributed by atoms with Crippen molar-refractivity contribution < 1.29 is 0 Å². The van der Waals surface area contributed by atoms with Gasteiger partial charge in [-0.3, -0.25) is 0 Å². The lowest BCUT2D eigenvalue weighted by molar-refractivity contribution is 0.548. The van der Waals surface area contributed by atoms with Crippen LogP contribution in [0.2, 0.25) is 0 Å². The molecule has 0 spiro atoms. The van der Waals surface area contributed by atoms with Crippen molar-refractivity contribution in [2.75, 3.05) is 13.1 Å². The molecule has 2 heterocycles. The fraction of sp³-hybridized carbons (Fsp3) is 0.533. The molecule has 1 aliphatic rings. The largest absolute Gasteiger partial charge is 0.324 e. The summed E-state index contributed by atoms with van der Waals surface area (Å²) in [5, 5.41) is 3.42. The molecule has 98 valence electrons. The van der Waals surface area contributed by atoms with Crippen LogP contribution >= 0.6 is 0 Å². The summed E-state index contributed by atoms with van der Waals surface area (Å²) in [7, 11) is 0. The van der Waals surface area contributed by atoms with E-state index in [2.05, 4.69) is 46.9 Å². The molecule has 3 heteroatoms. The molecule has 0 radical (unpaired) electrons. The molecule has 0 aliphatic carbocycles. The fourth-order valence-electron chi connectivity index (χ4n) is 2.64. The SMILES string of the molecule is CC.Cc1ccc2nc(C)n(C3CCNC3)c2c1. The molecule has 0 bridgehead atoms. The quantitative estimate of drug-likeness (QED) is 0.836. The number of imidazole rings is 1. The highest BCUT2D eigenvalue weighted by atomic mass is 15.1. The highest BCUT2D eigenvalue weighted by Gasteiger charge is 2.20. The number of nitrogens with one attached hydrogen (secondary N) is 1. The number of hydrogen-bond acceptors (Lipinski definition) is 2. The van der Waals surface area contributed by atoms with E-state index in [1.54, 1.807) is 0 Å². The third kappa shape index (κ3) is 2.27. The van der Waals surface area contributed by atoms with Gasteiger partial charge in [0.1, 0.15) is 5.82 Å². The summed E-state index contributed by atoms with van der Waals surface area (Å²) in [5.74, 6) is 1.13. The first-order chi connectivity index (χ1) is 8.75. The van der Waals surface area contributed by atoms with Crippen molar-refractivity contribution in [3.05, 3.63) is 29.6 Å². The summed E-state index contributed by atoms with van der Waals surface area (Å²) < 4.78 is 2.39. The van der Waals surface area contributed by atoms with E-state index in [-0.39, 0.29) is 0 Å². The molecule has 1 unspecified atom stereocenters. The zero-order valence-corrected chi connectivity index (χ0v) is 11.8. The number of aryl methyl sites for hydroxylation is 2. The van der Waals surface area contributed by atoms with Crippen molar-refractivity contribution in [3.63, 3.8) is 0 Å². The molecule has 1 aliphatic heterocycles. The average molecular weight is 245 g/mol.